The second-order valence-electron chi connectivity index (χ2n) is 2.55. The van der Waals surface area contributed by atoms with Gasteiger partial charge in [-0.25, -0.2) is 4.52 Å². The smallest absolute Gasteiger partial charge is 0.0707 e. The first-order valence-electron chi connectivity index (χ1n) is 3.63. The summed E-state index contributed by atoms with van der Waals surface area (Å²) in [4.78, 5) is 0. The van der Waals surface area contributed by atoms with Crippen LogP contribution in [0.15, 0.2) is 29.0 Å². The van der Waals surface area contributed by atoms with E-state index in [4.69, 9.17) is 5.73 Å². The van der Waals surface area contributed by atoms with E-state index in [1.165, 1.54) is 0 Å². The Bertz CT molecular complexity index is 408. The molecule has 0 atom stereocenters. The highest BCUT2D eigenvalue weighted by Gasteiger charge is 2.00. The minimum atomic E-state index is 0.533. The first kappa shape index (κ1) is 7.76. The third kappa shape index (κ3) is 1.13. The molecule has 3 nitrogen and oxygen atoms in total. The van der Waals surface area contributed by atoms with E-state index in [0.717, 1.165) is 15.6 Å². The Morgan fingerprint density at radius 3 is 3.08 bits per heavy atom. The lowest BCUT2D eigenvalue weighted by molar-refractivity contribution is 0.956. The number of aromatic nitrogens is 2. The zero-order chi connectivity index (χ0) is 8.55. The maximum absolute atomic E-state index is 5.53. The van der Waals surface area contributed by atoms with Crippen molar-refractivity contribution in [1.82, 2.24) is 9.61 Å². The zero-order valence-electron chi connectivity index (χ0n) is 6.37. The summed E-state index contributed by atoms with van der Waals surface area (Å²) in [6.07, 6.45) is 3.70. The Labute approximate surface area is 78.3 Å². The van der Waals surface area contributed by atoms with Crippen molar-refractivity contribution in [3.05, 3.63) is 34.6 Å². The van der Waals surface area contributed by atoms with Crippen LogP contribution in [0, 0.1) is 0 Å². The maximum atomic E-state index is 5.53. The van der Waals surface area contributed by atoms with E-state index < -0.39 is 0 Å². The van der Waals surface area contributed by atoms with Gasteiger partial charge in [0.2, 0.25) is 0 Å². The highest BCUT2D eigenvalue weighted by atomic mass is 79.9. The number of hydrogen-bond donors (Lipinski definition) is 1. The van der Waals surface area contributed by atoms with Gasteiger partial charge >= 0.3 is 0 Å². The van der Waals surface area contributed by atoms with Crippen LogP contribution in [0.3, 0.4) is 0 Å². The summed E-state index contributed by atoms with van der Waals surface area (Å²) in [5, 5.41) is 4.16. The van der Waals surface area contributed by atoms with Gasteiger partial charge in [0.05, 0.1) is 11.7 Å². The molecular weight excluding hydrogens is 218 g/mol. The standard InChI is InChI=1S/C8H8BrN3/c9-7-1-2-8-6(3-10)4-11-12(8)5-7/h1-2,4-5H,3,10H2. The van der Waals surface area contributed by atoms with Gasteiger partial charge in [0.25, 0.3) is 0 Å². The lowest BCUT2D eigenvalue weighted by atomic mass is 10.3. The average Bonchev–Trinajstić information content (AvgIpc) is 2.46. The van der Waals surface area contributed by atoms with E-state index in [1.807, 2.05) is 22.8 Å². The third-order valence-electron chi connectivity index (χ3n) is 1.78. The van der Waals surface area contributed by atoms with Crippen LogP contribution in [-0.2, 0) is 6.54 Å². The SMILES string of the molecule is NCc1cnn2cc(Br)ccc12. The van der Waals surface area contributed by atoms with Crippen LogP contribution in [0.1, 0.15) is 5.56 Å². The number of fused-ring (bicyclic) bond motifs is 1. The van der Waals surface area contributed by atoms with Gasteiger partial charge in [-0.2, -0.15) is 5.10 Å². The van der Waals surface area contributed by atoms with Crippen molar-refractivity contribution in [3.8, 4) is 0 Å². The first-order valence-corrected chi connectivity index (χ1v) is 4.42. The first-order chi connectivity index (χ1) is 5.81. The molecule has 0 aromatic carbocycles. The van der Waals surface area contributed by atoms with E-state index in [2.05, 4.69) is 21.0 Å². The molecule has 2 N–H and O–H groups in total. The molecule has 0 aliphatic carbocycles. The number of nitrogens with two attached hydrogens (primary N) is 1. The fourth-order valence-electron chi connectivity index (χ4n) is 1.17. The number of hydrogen-bond acceptors (Lipinski definition) is 2. The summed E-state index contributed by atoms with van der Waals surface area (Å²) in [6.45, 7) is 0.533. The molecule has 4 heteroatoms. The van der Waals surface area contributed by atoms with Gasteiger partial charge in [-0.05, 0) is 28.1 Å². The van der Waals surface area contributed by atoms with E-state index >= 15 is 0 Å². The lowest BCUT2D eigenvalue weighted by Gasteiger charge is -1.95. The molecule has 0 radical (unpaired) electrons. The normalized spacial score (nSPS) is 10.8. The zero-order valence-corrected chi connectivity index (χ0v) is 7.95. The van der Waals surface area contributed by atoms with Gasteiger partial charge < -0.3 is 5.73 Å². The van der Waals surface area contributed by atoms with E-state index in [-0.39, 0.29) is 0 Å². The lowest BCUT2D eigenvalue weighted by Crippen LogP contribution is -1.95. The summed E-state index contributed by atoms with van der Waals surface area (Å²) >= 11 is 3.37. The Balaban J connectivity index is 2.73. The van der Waals surface area contributed by atoms with Crippen molar-refractivity contribution >= 4 is 21.4 Å². The summed E-state index contributed by atoms with van der Waals surface area (Å²) in [6, 6.07) is 3.98. The molecule has 0 amide bonds. The molecule has 12 heavy (non-hydrogen) atoms. The number of pyridine rings is 1. The average molecular weight is 226 g/mol. The molecule has 0 saturated carbocycles. The van der Waals surface area contributed by atoms with Crippen LogP contribution >= 0.6 is 15.9 Å². The molecule has 2 aromatic rings. The number of nitrogens with zero attached hydrogens (tertiary/aromatic N) is 2. The quantitative estimate of drug-likeness (QED) is 0.801. The van der Waals surface area contributed by atoms with Crippen LogP contribution in [0.25, 0.3) is 5.52 Å². The van der Waals surface area contributed by atoms with Crippen molar-refractivity contribution in [2.75, 3.05) is 0 Å². The van der Waals surface area contributed by atoms with Crippen LogP contribution in [0.5, 0.6) is 0 Å². The molecule has 0 aliphatic rings. The van der Waals surface area contributed by atoms with Gasteiger partial charge in [-0.3, -0.25) is 0 Å². The molecule has 2 rings (SSSR count). The Morgan fingerprint density at radius 1 is 1.50 bits per heavy atom. The summed E-state index contributed by atoms with van der Waals surface area (Å²) in [5.41, 5.74) is 7.68. The van der Waals surface area contributed by atoms with Gasteiger partial charge in [-0.15, -0.1) is 0 Å². The molecule has 0 bridgehead atoms. The molecular formula is C8H8BrN3. The summed E-state index contributed by atoms with van der Waals surface area (Å²) in [5.74, 6) is 0. The van der Waals surface area contributed by atoms with Crippen molar-refractivity contribution in [3.63, 3.8) is 0 Å². The Kier molecular flexibility index (Phi) is 1.86. The van der Waals surface area contributed by atoms with Crippen molar-refractivity contribution in [2.24, 2.45) is 5.73 Å². The highest BCUT2D eigenvalue weighted by molar-refractivity contribution is 9.10. The second kappa shape index (κ2) is 2.88. The van der Waals surface area contributed by atoms with Crippen molar-refractivity contribution in [2.45, 2.75) is 6.54 Å². The van der Waals surface area contributed by atoms with Crippen LogP contribution in [-0.4, -0.2) is 9.61 Å². The molecule has 62 valence electrons. The molecule has 2 heterocycles. The molecule has 0 spiro atoms. The van der Waals surface area contributed by atoms with Gasteiger partial charge in [-0.1, -0.05) is 0 Å². The van der Waals surface area contributed by atoms with E-state index in [0.29, 0.717) is 6.54 Å². The molecule has 0 saturated heterocycles. The molecule has 0 aliphatic heterocycles. The minimum absolute atomic E-state index is 0.533. The van der Waals surface area contributed by atoms with Crippen molar-refractivity contribution in [1.29, 1.82) is 0 Å². The fraction of sp³-hybridized carbons (Fsp3) is 0.125. The number of halogens is 1. The van der Waals surface area contributed by atoms with E-state index in [9.17, 15) is 0 Å². The maximum Gasteiger partial charge on any atom is 0.0707 e. The van der Waals surface area contributed by atoms with Crippen LogP contribution < -0.4 is 5.73 Å². The third-order valence-corrected chi connectivity index (χ3v) is 2.25. The molecule has 2 aromatic heterocycles. The Hall–Kier alpha value is -0.870. The van der Waals surface area contributed by atoms with Gasteiger partial charge in [0.15, 0.2) is 0 Å². The number of rotatable bonds is 1. The molecule has 0 unspecified atom stereocenters. The monoisotopic (exact) mass is 225 g/mol. The van der Waals surface area contributed by atoms with Crippen molar-refractivity contribution < 1.29 is 0 Å². The van der Waals surface area contributed by atoms with Crippen LogP contribution in [0.4, 0.5) is 0 Å². The van der Waals surface area contributed by atoms with Crippen LogP contribution in [0.2, 0.25) is 0 Å². The second-order valence-corrected chi connectivity index (χ2v) is 3.47. The van der Waals surface area contributed by atoms with Gasteiger partial charge in [0.1, 0.15) is 0 Å². The predicted molar refractivity (Wildman–Crippen MR) is 50.8 cm³/mol. The topological polar surface area (TPSA) is 43.3 Å². The minimum Gasteiger partial charge on any atom is -0.326 e. The fourth-order valence-corrected chi connectivity index (χ4v) is 1.50. The van der Waals surface area contributed by atoms with E-state index in [1.54, 1.807) is 6.20 Å². The largest absolute Gasteiger partial charge is 0.326 e. The highest BCUT2D eigenvalue weighted by Crippen LogP contribution is 2.14. The summed E-state index contributed by atoms with van der Waals surface area (Å²) < 4.78 is 2.83. The predicted octanol–water partition coefficient (Wildman–Crippen LogP) is 1.56. The molecule has 0 fully saturated rings. The Morgan fingerprint density at radius 2 is 2.33 bits per heavy atom. The summed E-state index contributed by atoms with van der Waals surface area (Å²) in [7, 11) is 0. The van der Waals surface area contributed by atoms with Gasteiger partial charge in [0, 0.05) is 22.8 Å².